The number of methoxy groups -OCH3 is 1. The summed E-state index contributed by atoms with van der Waals surface area (Å²) < 4.78 is 5.69. The molecule has 1 saturated carbocycles. The predicted octanol–water partition coefficient (Wildman–Crippen LogP) is 13.3. The minimum atomic E-state index is -0.993. The summed E-state index contributed by atoms with van der Waals surface area (Å²) in [6.07, 6.45) is 6.86. The van der Waals surface area contributed by atoms with Gasteiger partial charge in [-0.3, -0.25) is 28.8 Å². The number of hydrogen-bond donors (Lipinski definition) is 3. The average Bonchev–Trinajstić information content (AvgIpc) is 3.94. The lowest BCUT2D eigenvalue weighted by Crippen LogP contribution is -2.55. The number of fused-ring (bicyclic) bond motifs is 6. The monoisotopic (exact) mass is 1100 g/mol. The number of carbonyl (C=O) groups is 6. The first-order chi connectivity index (χ1) is 35.5. The highest BCUT2D eigenvalue weighted by Gasteiger charge is 2.61. The molecule has 374 valence electrons. The summed E-state index contributed by atoms with van der Waals surface area (Å²) in [5.74, 6) is -1.37. The Morgan fingerprint density at radius 3 is 1.23 bits per heavy atom. The number of benzene rings is 6. The van der Waals surface area contributed by atoms with Gasteiger partial charge in [0, 0.05) is 97.7 Å². The summed E-state index contributed by atoms with van der Waals surface area (Å²) in [6, 6.07) is 38.1. The molecule has 0 bridgehead atoms. The van der Waals surface area contributed by atoms with Crippen LogP contribution in [-0.4, -0.2) is 48.3 Å². The SMILES string of the molecule is CO[C@H]1CC(=O)C[C@@H](c2cccc(Cl)c2)[C@]12C(=O)Nc1cc(Cl)ccc12.O=C1C=C[C@@]2(C(=O)Nc3cc(Cl)ccc32)[C@@H](c2cccc(Cl)c2)C1.O=C1C=C[C@@]2(C(=O)Nc3cc(Cl)ccc32)[C@H](c2cccc(Cl)c2)C1. The second kappa shape index (κ2) is 20.2. The lowest BCUT2D eigenvalue weighted by molar-refractivity contribution is -0.137. The van der Waals surface area contributed by atoms with E-state index in [1.165, 1.54) is 12.2 Å². The van der Waals surface area contributed by atoms with Crippen LogP contribution in [0.5, 0.6) is 0 Å². The summed E-state index contributed by atoms with van der Waals surface area (Å²) in [6.45, 7) is 0. The summed E-state index contributed by atoms with van der Waals surface area (Å²) in [5, 5.41) is 12.2. The molecule has 0 unspecified atom stereocenters. The van der Waals surface area contributed by atoms with Crippen molar-refractivity contribution < 1.29 is 33.5 Å². The first kappa shape index (κ1) is 51.4. The van der Waals surface area contributed by atoms with Gasteiger partial charge in [-0.1, -0.05) is 136 Å². The molecule has 3 N–H and O–H groups in total. The van der Waals surface area contributed by atoms with Crippen molar-refractivity contribution in [2.75, 3.05) is 23.1 Å². The topological polar surface area (TPSA) is 148 Å². The molecule has 10 nitrogen and oxygen atoms in total. The van der Waals surface area contributed by atoms with E-state index in [0.717, 1.165) is 33.4 Å². The molecule has 3 spiro atoms. The number of anilines is 3. The first-order valence-electron chi connectivity index (χ1n) is 23.6. The van der Waals surface area contributed by atoms with Crippen LogP contribution >= 0.6 is 69.6 Å². The molecule has 0 saturated heterocycles. The molecule has 16 heteroatoms. The molecular weight excluding hydrogens is 1060 g/mol. The van der Waals surface area contributed by atoms with Crippen LogP contribution in [0, 0.1) is 0 Å². The van der Waals surface area contributed by atoms with Crippen molar-refractivity contribution in [3.8, 4) is 0 Å². The third kappa shape index (κ3) is 8.88. The standard InChI is InChI=1S/C20H17Cl2NO3.2C19H13Cl2NO2/c1-26-18-10-14(24)9-16(11-3-2-4-12(21)7-11)20(18)15-6-5-13(22)8-17(15)23-19(20)25;2*20-12-3-1-2-11(8-12)16-10-14(23)6-7-19(16)15-5-4-13(21)9-17(15)22-18(19)24/h2-8,16,18H,9-10H2,1H3,(H,23,25);2*1-9,16H,10H2,(H,22,24)/t16-,18-,20-;16-,19+;16-,19-/m010/s1. The molecule has 6 aliphatic rings. The third-order valence-electron chi connectivity index (χ3n) is 15.1. The van der Waals surface area contributed by atoms with Crippen LogP contribution in [0.15, 0.2) is 152 Å². The van der Waals surface area contributed by atoms with Gasteiger partial charge in [0.2, 0.25) is 17.7 Å². The van der Waals surface area contributed by atoms with Crippen LogP contribution in [0.4, 0.5) is 17.1 Å². The van der Waals surface area contributed by atoms with Gasteiger partial charge in [0.25, 0.3) is 0 Å². The van der Waals surface area contributed by atoms with E-state index < -0.39 is 22.3 Å². The number of hydrogen-bond acceptors (Lipinski definition) is 7. The lowest BCUT2D eigenvalue weighted by atomic mass is 9.59. The van der Waals surface area contributed by atoms with Gasteiger partial charge in [0.05, 0.1) is 6.10 Å². The van der Waals surface area contributed by atoms with E-state index in [1.54, 1.807) is 73.9 Å². The van der Waals surface area contributed by atoms with Crippen LogP contribution in [-0.2, 0) is 49.7 Å². The van der Waals surface area contributed by atoms with Crippen LogP contribution in [0.3, 0.4) is 0 Å². The number of Topliss-reactive ketones (excluding diaryl/α,β-unsaturated/α-hetero) is 1. The Morgan fingerprint density at radius 2 is 0.811 bits per heavy atom. The molecule has 3 aliphatic heterocycles. The Hall–Kier alpha value is -6.08. The van der Waals surface area contributed by atoms with E-state index in [0.29, 0.717) is 47.2 Å². The fourth-order valence-electron chi connectivity index (χ4n) is 11.9. The number of halogens is 6. The summed E-state index contributed by atoms with van der Waals surface area (Å²) in [5.41, 5.74) is 4.32. The molecule has 7 atom stereocenters. The van der Waals surface area contributed by atoms with Gasteiger partial charge in [-0.2, -0.15) is 0 Å². The molecule has 6 aromatic carbocycles. The molecular formula is C58H43Cl6N3O7. The maximum absolute atomic E-state index is 13.3. The smallest absolute Gasteiger partial charge is 0.239 e. The van der Waals surface area contributed by atoms with Crippen LogP contribution in [0.1, 0.15) is 76.8 Å². The Kier molecular flexibility index (Phi) is 14.0. The van der Waals surface area contributed by atoms with Crippen molar-refractivity contribution in [3.05, 3.63) is 215 Å². The second-order valence-corrected chi connectivity index (χ2v) is 21.7. The molecule has 12 rings (SSSR count). The van der Waals surface area contributed by atoms with E-state index in [1.807, 2.05) is 72.8 Å². The molecule has 0 radical (unpaired) electrons. The first-order valence-corrected chi connectivity index (χ1v) is 25.8. The number of rotatable bonds is 4. The fourth-order valence-corrected chi connectivity index (χ4v) is 13.0. The number of nitrogens with one attached hydrogen (secondary N) is 3. The number of allylic oxidation sites excluding steroid dienone is 2. The zero-order valence-corrected chi connectivity index (χ0v) is 43.7. The maximum atomic E-state index is 13.3. The van der Waals surface area contributed by atoms with E-state index in [-0.39, 0.29) is 78.5 Å². The van der Waals surface area contributed by atoms with E-state index in [2.05, 4.69) is 16.0 Å². The number of carbonyl (C=O) groups excluding carboxylic acids is 6. The molecule has 0 aromatic heterocycles. The van der Waals surface area contributed by atoms with Crippen molar-refractivity contribution >= 4 is 122 Å². The molecule has 3 aliphatic carbocycles. The van der Waals surface area contributed by atoms with Gasteiger partial charge in [0.15, 0.2) is 11.6 Å². The molecule has 3 amide bonds. The summed E-state index contributed by atoms with van der Waals surface area (Å²) in [7, 11) is 1.54. The minimum Gasteiger partial charge on any atom is -0.379 e. The van der Waals surface area contributed by atoms with E-state index in [9.17, 15) is 28.8 Å². The Morgan fingerprint density at radius 1 is 0.432 bits per heavy atom. The third-order valence-corrected chi connectivity index (χ3v) is 16.5. The highest BCUT2D eigenvalue weighted by Crippen LogP contribution is 2.57. The Labute approximate surface area is 456 Å². The predicted molar refractivity (Wildman–Crippen MR) is 290 cm³/mol. The largest absolute Gasteiger partial charge is 0.379 e. The van der Waals surface area contributed by atoms with E-state index in [4.69, 9.17) is 74.3 Å². The lowest BCUT2D eigenvalue weighted by Gasteiger charge is -2.44. The van der Waals surface area contributed by atoms with Crippen molar-refractivity contribution in [1.29, 1.82) is 0 Å². The van der Waals surface area contributed by atoms with Crippen molar-refractivity contribution in [3.63, 3.8) is 0 Å². The molecule has 6 aromatic rings. The zero-order chi connectivity index (χ0) is 52.3. The van der Waals surface area contributed by atoms with Crippen molar-refractivity contribution in [1.82, 2.24) is 0 Å². The molecule has 74 heavy (non-hydrogen) atoms. The minimum absolute atomic E-state index is 0.000754. The highest BCUT2D eigenvalue weighted by molar-refractivity contribution is 6.33. The van der Waals surface area contributed by atoms with Crippen molar-refractivity contribution in [2.45, 2.75) is 65.8 Å². The van der Waals surface area contributed by atoms with E-state index >= 15 is 0 Å². The van der Waals surface area contributed by atoms with Crippen LogP contribution in [0.2, 0.25) is 30.1 Å². The Balaban J connectivity index is 0.000000127. The number of amides is 3. The molecule has 3 heterocycles. The van der Waals surface area contributed by atoms with Gasteiger partial charge < -0.3 is 20.7 Å². The van der Waals surface area contributed by atoms with Crippen molar-refractivity contribution in [2.24, 2.45) is 0 Å². The fraction of sp³-hybridized carbons (Fsp3) is 0.207. The van der Waals surface area contributed by atoms with Gasteiger partial charge in [-0.15, -0.1) is 0 Å². The van der Waals surface area contributed by atoms with Gasteiger partial charge in [-0.05, 0) is 118 Å². The average molecular weight is 1110 g/mol. The van der Waals surface area contributed by atoms with Crippen LogP contribution in [0.25, 0.3) is 0 Å². The Bertz CT molecular complexity index is 3290. The number of ketones is 3. The molecule has 1 fully saturated rings. The number of ether oxygens (including phenoxy) is 1. The quantitative estimate of drug-likeness (QED) is 0.159. The normalized spacial score (nSPS) is 25.9. The summed E-state index contributed by atoms with van der Waals surface area (Å²) >= 11 is 36.7. The zero-order valence-electron chi connectivity index (χ0n) is 39.2. The van der Waals surface area contributed by atoms with Gasteiger partial charge in [-0.25, -0.2) is 0 Å². The summed E-state index contributed by atoms with van der Waals surface area (Å²) in [4.78, 5) is 75.8. The van der Waals surface area contributed by atoms with Gasteiger partial charge in [0.1, 0.15) is 22.0 Å². The highest BCUT2D eigenvalue weighted by atomic mass is 35.5. The maximum Gasteiger partial charge on any atom is 0.239 e. The second-order valence-electron chi connectivity index (χ2n) is 19.0. The van der Waals surface area contributed by atoms with Crippen LogP contribution < -0.4 is 16.0 Å². The van der Waals surface area contributed by atoms with Gasteiger partial charge >= 0.3 is 0 Å².